The van der Waals surface area contributed by atoms with Crippen molar-refractivity contribution in [3.05, 3.63) is 22.9 Å². The van der Waals surface area contributed by atoms with Crippen LogP contribution in [0.4, 0.5) is 5.82 Å². The largest absolute Gasteiger partial charge is 0.365 e. The van der Waals surface area contributed by atoms with E-state index in [-0.39, 0.29) is 12.1 Å². The van der Waals surface area contributed by atoms with Crippen LogP contribution in [0.25, 0.3) is 0 Å². The Labute approximate surface area is 120 Å². The normalized spacial score (nSPS) is 25.6. The first kappa shape index (κ1) is 13.4. The lowest BCUT2D eigenvalue weighted by molar-refractivity contribution is 0.527. The van der Waals surface area contributed by atoms with Crippen molar-refractivity contribution in [2.45, 2.75) is 63.5 Å². The number of pyridine rings is 1. The molecule has 3 N–H and O–H groups in total. The summed E-state index contributed by atoms with van der Waals surface area (Å²) in [5, 5.41) is 12.8. The second kappa shape index (κ2) is 5.80. The Morgan fingerprint density at radius 2 is 2.05 bits per heavy atom. The van der Waals surface area contributed by atoms with E-state index in [2.05, 4.69) is 11.4 Å². The van der Waals surface area contributed by atoms with Gasteiger partial charge in [0.05, 0.1) is 5.56 Å². The molecule has 4 heteroatoms. The summed E-state index contributed by atoms with van der Waals surface area (Å²) in [5.41, 5.74) is 9.33. The van der Waals surface area contributed by atoms with E-state index in [1.54, 1.807) is 0 Å². The predicted molar refractivity (Wildman–Crippen MR) is 79.4 cm³/mol. The van der Waals surface area contributed by atoms with Crippen LogP contribution in [0, 0.1) is 11.3 Å². The molecule has 20 heavy (non-hydrogen) atoms. The Morgan fingerprint density at radius 3 is 2.90 bits per heavy atom. The third-order valence-corrected chi connectivity index (χ3v) is 4.56. The van der Waals surface area contributed by atoms with Crippen LogP contribution in [0.2, 0.25) is 0 Å². The molecule has 1 fully saturated rings. The molecule has 1 heterocycles. The fourth-order valence-corrected chi connectivity index (χ4v) is 3.36. The van der Waals surface area contributed by atoms with Gasteiger partial charge < -0.3 is 11.1 Å². The van der Waals surface area contributed by atoms with Crippen LogP contribution < -0.4 is 11.1 Å². The number of hydrogen-bond donors (Lipinski definition) is 2. The number of aryl methyl sites for hydroxylation is 2. The Bertz CT molecular complexity index is 532. The zero-order chi connectivity index (χ0) is 13.9. The van der Waals surface area contributed by atoms with E-state index in [0.717, 1.165) is 43.6 Å². The van der Waals surface area contributed by atoms with Crippen LogP contribution in [-0.4, -0.2) is 17.1 Å². The number of hydrogen-bond acceptors (Lipinski definition) is 4. The summed E-state index contributed by atoms with van der Waals surface area (Å²) in [5.74, 6) is 0.746. The quantitative estimate of drug-likeness (QED) is 0.810. The number of aromatic nitrogens is 1. The van der Waals surface area contributed by atoms with Gasteiger partial charge >= 0.3 is 0 Å². The summed E-state index contributed by atoms with van der Waals surface area (Å²) in [6, 6.07) is 4.71. The Hall–Kier alpha value is -1.60. The highest BCUT2D eigenvalue weighted by Crippen LogP contribution is 2.27. The number of nitrogens with one attached hydrogen (secondary N) is 1. The fourth-order valence-electron chi connectivity index (χ4n) is 3.36. The fraction of sp³-hybridized carbons (Fsp3) is 0.625. The molecular formula is C16H22N4. The maximum Gasteiger partial charge on any atom is 0.144 e. The highest BCUT2D eigenvalue weighted by molar-refractivity contribution is 5.55. The maximum absolute atomic E-state index is 9.34. The number of fused-ring (bicyclic) bond motifs is 1. The van der Waals surface area contributed by atoms with E-state index >= 15 is 0 Å². The summed E-state index contributed by atoms with van der Waals surface area (Å²) < 4.78 is 0. The molecule has 0 spiro atoms. The van der Waals surface area contributed by atoms with E-state index in [9.17, 15) is 5.26 Å². The SMILES string of the molecule is N#Cc1cc2c(nc1NC1CCCCCC1N)CCC2. The van der Waals surface area contributed by atoms with Gasteiger partial charge in [-0.15, -0.1) is 0 Å². The predicted octanol–water partition coefficient (Wildman–Crippen LogP) is 2.51. The van der Waals surface area contributed by atoms with Gasteiger partial charge in [-0.25, -0.2) is 4.98 Å². The summed E-state index contributed by atoms with van der Waals surface area (Å²) in [6.07, 6.45) is 9.05. The van der Waals surface area contributed by atoms with Gasteiger partial charge in [0.15, 0.2) is 0 Å². The molecule has 1 aromatic rings. The highest BCUT2D eigenvalue weighted by Gasteiger charge is 2.23. The van der Waals surface area contributed by atoms with E-state index in [4.69, 9.17) is 10.7 Å². The molecule has 2 aliphatic carbocycles. The lowest BCUT2D eigenvalue weighted by Crippen LogP contribution is -2.39. The molecule has 2 unspecified atom stereocenters. The molecule has 2 atom stereocenters. The van der Waals surface area contributed by atoms with E-state index < -0.39 is 0 Å². The van der Waals surface area contributed by atoms with Crippen molar-refractivity contribution in [2.75, 3.05) is 5.32 Å². The Kier molecular flexibility index (Phi) is 3.88. The first-order valence-corrected chi connectivity index (χ1v) is 7.73. The molecule has 1 aromatic heterocycles. The van der Waals surface area contributed by atoms with E-state index in [0.29, 0.717) is 5.56 Å². The van der Waals surface area contributed by atoms with Crippen LogP contribution in [0.5, 0.6) is 0 Å². The Morgan fingerprint density at radius 1 is 1.20 bits per heavy atom. The van der Waals surface area contributed by atoms with Crippen LogP contribution in [0.15, 0.2) is 6.07 Å². The van der Waals surface area contributed by atoms with Crippen molar-refractivity contribution in [1.29, 1.82) is 5.26 Å². The standard InChI is InChI=1S/C16H22N4/c17-10-12-9-11-5-4-8-14(11)19-16(12)20-15-7-3-1-2-6-13(15)18/h9,13,15H,1-8,18H2,(H,19,20). The van der Waals surface area contributed by atoms with Crippen LogP contribution in [0.1, 0.15) is 55.3 Å². The number of nitriles is 1. The molecule has 0 radical (unpaired) electrons. The molecule has 2 aliphatic rings. The number of rotatable bonds is 2. The smallest absolute Gasteiger partial charge is 0.144 e. The topological polar surface area (TPSA) is 74.7 Å². The third-order valence-electron chi connectivity index (χ3n) is 4.56. The molecule has 4 nitrogen and oxygen atoms in total. The highest BCUT2D eigenvalue weighted by atomic mass is 15.0. The molecule has 0 bridgehead atoms. The summed E-state index contributed by atoms with van der Waals surface area (Å²) in [7, 11) is 0. The summed E-state index contributed by atoms with van der Waals surface area (Å²) in [6.45, 7) is 0. The number of nitrogens with two attached hydrogens (primary N) is 1. The molecule has 3 rings (SSSR count). The van der Waals surface area contributed by atoms with Crippen LogP contribution in [0.3, 0.4) is 0 Å². The van der Waals surface area contributed by atoms with Crippen molar-refractivity contribution in [1.82, 2.24) is 4.98 Å². The minimum absolute atomic E-state index is 0.166. The van der Waals surface area contributed by atoms with Gasteiger partial charge in [0.25, 0.3) is 0 Å². The zero-order valence-corrected chi connectivity index (χ0v) is 11.9. The van der Waals surface area contributed by atoms with E-state index in [1.807, 2.05) is 6.07 Å². The molecular weight excluding hydrogens is 248 g/mol. The molecule has 0 amide bonds. The molecule has 106 valence electrons. The van der Waals surface area contributed by atoms with Gasteiger partial charge in [0, 0.05) is 17.8 Å². The van der Waals surface area contributed by atoms with Gasteiger partial charge in [0.1, 0.15) is 11.9 Å². The van der Waals surface area contributed by atoms with Gasteiger partial charge in [-0.1, -0.05) is 19.3 Å². The minimum Gasteiger partial charge on any atom is -0.365 e. The lowest BCUT2D eigenvalue weighted by Gasteiger charge is -2.24. The minimum atomic E-state index is 0.166. The van der Waals surface area contributed by atoms with Crippen molar-refractivity contribution in [2.24, 2.45) is 5.73 Å². The third kappa shape index (κ3) is 2.64. The monoisotopic (exact) mass is 270 g/mol. The first-order chi connectivity index (χ1) is 9.78. The van der Waals surface area contributed by atoms with Crippen molar-refractivity contribution in [3.63, 3.8) is 0 Å². The molecule has 0 aromatic carbocycles. The van der Waals surface area contributed by atoms with Crippen molar-refractivity contribution in [3.8, 4) is 6.07 Å². The molecule has 1 saturated carbocycles. The first-order valence-electron chi connectivity index (χ1n) is 7.73. The average molecular weight is 270 g/mol. The van der Waals surface area contributed by atoms with Crippen molar-refractivity contribution < 1.29 is 0 Å². The number of nitrogens with zero attached hydrogens (tertiary/aromatic N) is 2. The maximum atomic E-state index is 9.34. The van der Waals surface area contributed by atoms with Gasteiger partial charge in [-0.2, -0.15) is 5.26 Å². The van der Waals surface area contributed by atoms with Crippen LogP contribution in [-0.2, 0) is 12.8 Å². The summed E-state index contributed by atoms with van der Waals surface area (Å²) in [4.78, 5) is 4.69. The summed E-state index contributed by atoms with van der Waals surface area (Å²) >= 11 is 0. The van der Waals surface area contributed by atoms with Crippen molar-refractivity contribution >= 4 is 5.82 Å². The second-order valence-electron chi connectivity index (χ2n) is 6.01. The van der Waals surface area contributed by atoms with E-state index in [1.165, 1.54) is 24.8 Å². The molecule has 0 aliphatic heterocycles. The zero-order valence-electron chi connectivity index (χ0n) is 11.9. The van der Waals surface area contributed by atoms with Crippen LogP contribution >= 0.6 is 0 Å². The number of anilines is 1. The Balaban J connectivity index is 1.84. The average Bonchev–Trinajstić information content (AvgIpc) is 2.82. The molecule has 0 saturated heterocycles. The van der Waals surface area contributed by atoms with Gasteiger partial charge in [-0.05, 0) is 43.7 Å². The second-order valence-corrected chi connectivity index (χ2v) is 6.01. The van der Waals surface area contributed by atoms with Gasteiger partial charge in [0.2, 0.25) is 0 Å². The van der Waals surface area contributed by atoms with Gasteiger partial charge in [-0.3, -0.25) is 0 Å². The lowest BCUT2D eigenvalue weighted by atomic mass is 10.0.